The molecule has 0 bridgehead atoms. The molecule has 3 nitrogen and oxygen atoms in total. The number of halogens is 2. The van der Waals surface area contributed by atoms with E-state index in [0.717, 1.165) is 5.56 Å². The zero-order chi connectivity index (χ0) is 15.1. The summed E-state index contributed by atoms with van der Waals surface area (Å²) in [6.07, 6.45) is -0.587. The highest BCUT2D eigenvalue weighted by molar-refractivity contribution is 6.30. The van der Waals surface area contributed by atoms with Crippen molar-refractivity contribution in [3.8, 4) is 5.75 Å². The molecule has 2 rings (SSSR count). The highest BCUT2D eigenvalue weighted by Crippen LogP contribution is 2.17. The Balaban J connectivity index is 1.67. The summed E-state index contributed by atoms with van der Waals surface area (Å²) in [4.78, 5) is 0. The van der Waals surface area contributed by atoms with Gasteiger partial charge in [0, 0.05) is 23.1 Å². The molecule has 0 aliphatic carbocycles. The molecule has 2 aromatic carbocycles. The summed E-state index contributed by atoms with van der Waals surface area (Å²) < 4.78 is 5.48. The van der Waals surface area contributed by atoms with Crippen LogP contribution in [0.3, 0.4) is 0 Å². The zero-order valence-electron chi connectivity index (χ0n) is 11.4. The first-order chi connectivity index (χ1) is 10.1. The van der Waals surface area contributed by atoms with Crippen LogP contribution in [0.5, 0.6) is 5.75 Å². The molecular weight excluding hydrogens is 309 g/mol. The van der Waals surface area contributed by atoms with E-state index in [1.165, 1.54) is 0 Å². The fourth-order valence-electron chi connectivity index (χ4n) is 1.79. The molecule has 2 N–H and O–H groups in total. The van der Waals surface area contributed by atoms with Crippen molar-refractivity contribution < 1.29 is 9.84 Å². The number of aliphatic hydroxyl groups excluding tert-OH is 1. The molecular formula is C16H17Cl2NO2. The van der Waals surface area contributed by atoms with Crippen LogP contribution in [0.25, 0.3) is 0 Å². The van der Waals surface area contributed by atoms with E-state index in [9.17, 15) is 5.11 Å². The number of ether oxygens (including phenoxy) is 1. The maximum absolute atomic E-state index is 9.86. The average Bonchev–Trinajstić information content (AvgIpc) is 2.47. The van der Waals surface area contributed by atoms with Crippen LogP contribution < -0.4 is 10.1 Å². The maximum Gasteiger partial charge on any atom is 0.120 e. The molecule has 0 spiro atoms. The largest absolute Gasteiger partial charge is 0.491 e. The van der Waals surface area contributed by atoms with E-state index >= 15 is 0 Å². The first-order valence-corrected chi connectivity index (χ1v) is 7.40. The van der Waals surface area contributed by atoms with E-state index in [1.807, 2.05) is 30.3 Å². The maximum atomic E-state index is 9.86. The van der Waals surface area contributed by atoms with Crippen LogP contribution in [0.1, 0.15) is 5.56 Å². The standard InChI is InChI=1S/C16H17Cl2NO2/c17-13-6-4-12(5-7-13)9-19-10-15(20)11-21-16-3-1-2-14(18)8-16/h1-8,15,19-20H,9-11H2. The van der Waals surface area contributed by atoms with Crippen LogP contribution in [0, 0.1) is 0 Å². The highest BCUT2D eigenvalue weighted by Gasteiger charge is 2.05. The van der Waals surface area contributed by atoms with Gasteiger partial charge in [0.2, 0.25) is 0 Å². The third-order valence-electron chi connectivity index (χ3n) is 2.86. The number of nitrogens with one attached hydrogen (secondary N) is 1. The second kappa shape index (κ2) is 8.25. The van der Waals surface area contributed by atoms with Gasteiger partial charge in [-0.05, 0) is 35.9 Å². The Bertz CT molecular complexity index is 560. The molecule has 1 atom stereocenters. The van der Waals surface area contributed by atoms with Crippen molar-refractivity contribution in [1.29, 1.82) is 0 Å². The fourth-order valence-corrected chi connectivity index (χ4v) is 2.10. The van der Waals surface area contributed by atoms with Crippen LogP contribution in [0.2, 0.25) is 10.0 Å². The van der Waals surface area contributed by atoms with Crippen LogP contribution in [0.15, 0.2) is 48.5 Å². The van der Waals surface area contributed by atoms with Crippen molar-refractivity contribution in [3.63, 3.8) is 0 Å². The Hall–Kier alpha value is -1.26. The second-order valence-corrected chi connectivity index (χ2v) is 5.55. The van der Waals surface area contributed by atoms with E-state index in [-0.39, 0.29) is 6.61 Å². The van der Waals surface area contributed by atoms with Crippen molar-refractivity contribution in [3.05, 3.63) is 64.1 Å². The van der Waals surface area contributed by atoms with Gasteiger partial charge in [-0.1, -0.05) is 41.4 Å². The van der Waals surface area contributed by atoms with Crippen LogP contribution in [-0.2, 0) is 6.54 Å². The fraction of sp³-hybridized carbons (Fsp3) is 0.250. The number of benzene rings is 2. The SMILES string of the molecule is OC(CNCc1ccc(Cl)cc1)COc1cccc(Cl)c1. The first-order valence-electron chi connectivity index (χ1n) is 6.65. The van der Waals surface area contributed by atoms with Gasteiger partial charge in [-0.15, -0.1) is 0 Å². The van der Waals surface area contributed by atoms with Gasteiger partial charge in [-0.2, -0.15) is 0 Å². The molecule has 0 heterocycles. The summed E-state index contributed by atoms with van der Waals surface area (Å²) in [5.41, 5.74) is 1.11. The summed E-state index contributed by atoms with van der Waals surface area (Å²) in [7, 11) is 0. The highest BCUT2D eigenvalue weighted by atomic mass is 35.5. The van der Waals surface area contributed by atoms with Crippen molar-refractivity contribution in [2.75, 3.05) is 13.2 Å². The van der Waals surface area contributed by atoms with Gasteiger partial charge < -0.3 is 15.2 Å². The third-order valence-corrected chi connectivity index (χ3v) is 3.35. The molecule has 21 heavy (non-hydrogen) atoms. The monoisotopic (exact) mass is 325 g/mol. The quantitative estimate of drug-likeness (QED) is 0.818. The Kier molecular flexibility index (Phi) is 6.33. The molecule has 0 radical (unpaired) electrons. The molecule has 0 fully saturated rings. The molecule has 0 saturated carbocycles. The van der Waals surface area contributed by atoms with Gasteiger partial charge in [0.25, 0.3) is 0 Å². The molecule has 0 aliphatic rings. The van der Waals surface area contributed by atoms with E-state index in [4.69, 9.17) is 27.9 Å². The Morgan fingerprint density at radius 3 is 2.52 bits per heavy atom. The minimum atomic E-state index is -0.587. The van der Waals surface area contributed by atoms with E-state index in [0.29, 0.717) is 28.9 Å². The normalized spacial score (nSPS) is 12.1. The lowest BCUT2D eigenvalue weighted by molar-refractivity contribution is 0.106. The minimum absolute atomic E-state index is 0.216. The van der Waals surface area contributed by atoms with E-state index in [2.05, 4.69) is 5.32 Å². The number of hydrogen-bond acceptors (Lipinski definition) is 3. The summed E-state index contributed by atoms with van der Waals surface area (Å²) in [6.45, 7) is 1.34. The third kappa shape index (κ3) is 5.94. The van der Waals surface area contributed by atoms with Crippen molar-refractivity contribution in [1.82, 2.24) is 5.32 Å². The van der Waals surface area contributed by atoms with Gasteiger partial charge >= 0.3 is 0 Å². The van der Waals surface area contributed by atoms with E-state index < -0.39 is 6.10 Å². The summed E-state index contributed by atoms with van der Waals surface area (Å²) in [5, 5.41) is 14.4. The molecule has 112 valence electrons. The lowest BCUT2D eigenvalue weighted by Crippen LogP contribution is -2.31. The topological polar surface area (TPSA) is 41.5 Å². The smallest absolute Gasteiger partial charge is 0.120 e. The predicted molar refractivity (Wildman–Crippen MR) is 86.1 cm³/mol. The van der Waals surface area contributed by atoms with Gasteiger partial charge in [0.1, 0.15) is 18.5 Å². The summed E-state index contributed by atoms with van der Waals surface area (Å²) in [5.74, 6) is 0.652. The average molecular weight is 326 g/mol. The lowest BCUT2D eigenvalue weighted by Gasteiger charge is -2.13. The van der Waals surface area contributed by atoms with Crippen molar-refractivity contribution in [2.45, 2.75) is 12.6 Å². The van der Waals surface area contributed by atoms with Crippen LogP contribution in [-0.4, -0.2) is 24.4 Å². The first kappa shape index (κ1) is 16.1. The van der Waals surface area contributed by atoms with Gasteiger partial charge in [-0.25, -0.2) is 0 Å². The molecule has 0 saturated heterocycles. The summed E-state index contributed by atoms with van der Waals surface area (Å²) in [6, 6.07) is 14.7. The predicted octanol–water partition coefficient (Wildman–Crippen LogP) is 3.52. The van der Waals surface area contributed by atoms with Gasteiger partial charge in [0.05, 0.1) is 0 Å². The second-order valence-electron chi connectivity index (χ2n) is 4.68. The van der Waals surface area contributed by atoms with Crippen LogP contribution >= 0.6 is 23.2 Å². The summed E-state index contributed by atoms with van der Waals surface area (Å²) >= 11 is 11.7. The number of rotatable bonds is 7. The molecule has 1 unspecified atom stereocenters. The zero-order valence-corrected chi connectivity index (χ0v) is 12.9. The van der Waals surface area contributed by atoms with E-state index in [1.54, 1.807) is 18.2 Å². The van der Waals surface area contributed by atoms with Crippen molar-refractivity contribution in [2.24, 2.45) is 0 Å². The van der Waals surface area contributed by atoms with Crippen LogP contribution in [0.4, 0.5) is 0 Å². The number of hydrogen-bond donors (Lipinski definition) is 2. The Labute approximate surface area is 134 Å². The number of aliphatic hydroxyl groups is 1. The lowest BCUT2D eigenvalue weighted by atomic mass is 10.2. The molecule has 0 aliphatic heterocycles. The van der Waals surface area contributed by atoms with Gasteiger partial charge in [-0.3, -0.25) is 0 Å². The molecule has 0 amide bonds. The Morgan fingerprint density at radius 1 is 1.05 bits per heavy atom. The molecule has 0 aromatic heterocycles. The van der Waals surface area contributed by atoms with Crippen molar-refractivity contribution >= 4 is 23.2 Å². The minimum Gasteiger partial charge on any atom is -0.491 e. The molecule has 5 heteroatoms. The molecule has 2 aromatic rings. The Morgan fingerprint density at radius 2 is 1.81 bits per heavy atom. The van der Waals surface area contributed by atoms with Gasteiger partial charge in [0.15, 0.2) is 0 Å².